The minimum atomic E-state index is -2.93. The summed E-state index contributed by atoms with van der Waals surface area (Å²) in [5.74, 6) is 0.726. The first-order valence-corrected chi connectivity index (χ1v) is 8.77. The molecule has 0 atom stereocenters. The molecule has 1 N–H and O–H groups in total. The van der Waals surface area contributed by atoms with E-state index in [1.807, 2.05) is 20.8 Å². The second kappa shape index (κ2) is 8.57. The van der Waals surface area contributed by atoms with E-state index in [9.17, 15) is 13.6 Å². The van der Waals surface area contributed by atoms with Gasteiger partial charge in [0.25, 0.3) is 0 Å². The fourth-order valence-electron chi connectivity index (χ4n) is 2.06. The predicted molar refractivity (Wildman–Crippen MR) is 93.9 cm³/mol. The highest BCUT2D eigenvalue weighted by Crippen LogP contribution is 2.25. The topological polar surface area (TPSA) is 77.2 Å². The highest BCUT2D eigenvalue weighted by molar-refractivity contribution is 9.10. The average Bonchev–Trinajstić information content (AvgIpc) is 3.02. The molecule has 0 aliphatic rings. The molecule has 26 heavy (non-hydrogen) atoms. The number of nitrogens with zero attached hydrogens (tertiary/aromatic N) is 2. The van der Waals surface area contributed by atoms with Gasteiger partial charge in [-0.3, -0.25) is 4.79 Å². The van der Waals surface area contributed by atoms with Crippen LogP contribution in [0.4, 0.5) is 8.78 Å². The van der Waals surface area contributed by atoms with Gasteiger partial charge in [-0.1, -0.05) is 41.9 Å². The molecule has 2 rings (SSSR count). The van der Waals surface area contributed by atoms with Crippen LogP contribution in [0.15, 0.2) is 27.2 Å². The second-order valence-electron chi connectivity index (χ2n) is 6.67. The number of hydrogen-bond acceptors (Lipinski definition) is 5. The fraction of sp³-hybridized carbons (Fsp3) is 0.471. The lowest BCUT2D eigenvalue weighted by atomic mass is 9.96. The summed E-state index contributed by atoms with van der Waals surface area (Å²) in [5, 5.41) is 6.57. The number of nitrogens with one attached hydrogen (secondary N) is 1. The Balaban J connectivity index is 1.89. The molecule has 0 fully saturated rings. The van der Waals surface area contributed by atoms with Crippen LogP contribution < -0.4 is 10.1 Å². The maximum atomic E-state index is 12.4. The SMILES string of the molecule is CC(C)(C)c1noc(CCC(=O)NCc2cc(Br)ccc2OC(F)F)n1. The Kier molecular flexibility index (Phi) is 6.69. The number of amides is 1. The van der Waals surface area contributed by atoms with Crippen LogP contribution in [0.5, 0.6) is 5.75 Å². The normalized spacial score (nSPS) is 11.7. The van der Waals surface area contributed by atoms with Gasteiger partial charge >= 0.3 is 6.61 Å². The molecule has 6 nitrogen and oxygen atoms in total. The number of carbonyl (C=O) groups is 1. The fourth-order valence-corrected chi connectivity index (χ4v) is 2.47. The van der Waals surface area contributed by atoms with Crippen LogP contribution in [0, 0.1) is 0 Å². The number of aromatic nitrogens is 2. The van der Waals surface area contributed by atoms with E-state index >= 15 is 0 Å². The Hall–Kier alpha value is -2.03. The van der Waals surface area contributed by atoms with Crippen LogP contribution in [-0.4, -0.2) is 22.7 Å². The van der Waals surface area contributed by atoms with Gasteiger partial charge in [0.1, 0.15) is 5.75 Å². The molecule has 0 aliphatic heterocycles. The van der Waals surface area contributed by atoms with Crippen molar-refractivity contribution in [2.45, 2.75) is 52.2 Å². The van der Waals surface area contributed by atoms with Crippen molar-refractivity contribution in [1.29, 1.82) is 0 Å². The van der Waals surface area contributed by atoms with Crippen molar-refractivity contribution < 1.29 is 22.8 Å². The largest absolute Gasteiger partial charge is 0.434 e. The summed E-state index contributed by atoms with van der Waals surface area (Å²) in [4.78, 5) is 16.3. The lowest BCUT2D eigenvalue weighted by molar-refractivity contribution is -0.121. The monoisotopic (exact) mass is 431 g/mol. The molecular formula is C17H20BrF2N3O3. The van der Waals surface area contributed by atoms with Crippen LogP contribution in [0.25, 0.3) is 0 Å². The van der Waals surface area contributed by atoms with E-state index in [0.717, 1.165) is 0 Å². The number of carbonyl (C=O) groups excluding carboxylic acids is 1. The first-order chi connectivity index (χ1) is 12.1. The van der Waals surface area contributed by atoms with E-state index in [1.165, 1.54) is 6.07 Å². The Morgan fingerprint density at radius 2 is 2.12 bits per heavy atom. The van der Waals surface area contributed by atoms with Crippen molar-refractivity contribution in [2.75, 3.05) is 0 Å². The van der Waals surface area contributed by atoms with E-state index in [0.29, 0.717) is 28.2 Å². The highest BCUT2D eigenvalue weighted by Gasteiger charge is 2.21. The molecule has 9 heteroatoms. The summed E-state index contributed by atoms with van der Waals surface area (Å²) in [6, 6.07) is 4.63. The van der Waals surface area contributed by atoms with Crippen molar-refractivity contribution in [3.05, 3.63) is 40.0 Å². The van der Waals surface area contributed by atoms with Gasteiger partial charge in [-0.2, -0.15) is 13.8 Å². The Bertz CT molecular complexity index is 760. The van der Waals surface area contributed by atoms with Gasteiger partial charge in [0.15, 0.2) is 5.82 Å². The lowest BCUT2D eigenvalue weighted by Gasteiger charge is -2.12. The molecule has 1 amide bonds. The summed E-state index contributed by atoms with van der Waals surface area (Å²) < 4.78 is 35.2. The van der Waals surface area contributed by atoms with Gasteiger partial charge in [-0.25, -0.2) is 0 Å². The molecule has 0 bridgehead atoms. The Morgan fingerprint density at radius 1 is 1.38 bits per heavy atom. The molecule has 1 aromatic heterocycles. The van der Waals surface area contributed by atoms with E-state index < -0.39 is 6.61 Å². The van der Waals surface area contributed by atoms with Crippen LogP contribution in [0.1, 0.15) is 44.5 Å². The van der Waals surface area contributed by atoms with E-state index in [4.69, 9.17) is 4.52 Å². The molecular weight excluding hydrogens is 412 g/mol. The second-order valence-corrected chi connectivity index (χ2v) is 7.58. The molecule has 1 heterocycles. The Labute approximate surface area is 158 Å². The van der Waals surface area contributed by atoms with E-state index in [2.05, 4.69) is 36.1 Å². The summed E-state index contributed by atoms with van der Waals surface area (Å²) in [6.45, 7) is 3.03. The van der Waals surface area contributed by atoms with Crippen molar-refractivity contribution in [3.8, 4) is 5.75 Å². The predicted octanol–water partition coefficient (Wildman–Crippen LogP) is 3.98. The molecule has 1 aromatic carbocycles. The number of benzene rings is 1. The molecule has 142 valence electrons. The zero-order valence-corrected chi connectivity index (χ0v) is 16.3. The number of aryl methyl sites for hydroxylation is 1. The van der Waals surface area contributed by atoms with Crippen LogP contribution in [0.2, 0.25) is 0 Å². The Morgan fingerprint density at radius 3 is 2.73 bits per heavy atom. The van der Waals surface area contributed by atoms with E-state index in [1.54, 1.807) is 12.1 Å². The van der Waals surface area contributed by atoms with Crippen molar-refractivity contribution in [3.63, 3.8) is 0 Å². The number of alkyl halides is 2. The van der Waals surface area contributed by atoms with Crippen molar-refractivity contribution >= 4 is 21.8 Å². The third-order valence-electron chi connectivity index (χ3n) is 3.42. The standard InChI is InChI=1S/C17H20BrF2N3O3/c1-17(2,3)15-22-14(26-23-15)7-6-13(24)21-9-10-8-11(18)4-5-12(10)25-16(19)20/h4-5,8,16H,6-7,9H2,1-3H3,(H,21,24). The molecule has 0 unspecified atom stereocenters. The van der Waals surface area contributed by atoms with Crippen molar-refractivity contribution in [2.24, 2.45) is 0 Å². The van der Waals surface area contributed by atoms with Gasteiger partial charge < -0.3 is 14.6 Å². The quantitative estimate of drug-likeness (QED) is 0.717. The minimum absolute atomic E-state index is 0.0234. The van der Waals surface area contributed by atoms with E-state index in [-0.39, 0.29) is 30.0 Å². The molecule has 2 aromatic rings. The molecule has 0 spiro atoms. The van der Waals surface area contributed by atoms with Gasteiger partial charge in [-0.05, 0) is 18.2 Å². The summed E-state index contributed by atoms with van der Waals surface area (Å²) in [6.07, 6.45) is 0.443. The first kappa shape index (κ1) is 20.3. The molecule has 0 aliphatic carbocycles. The zero-order chi connectivity index (χ0) is 19.3. The van der Waals surface area contributed by atoms with Gasteiger partial charge in [0.05, 0.1) is 0 Å². The average molecular weight is 432 g/mol. The minimum Gasteiger partial charge on any atom is -0.434 e. The first-order valence-electron chi connectivity index (χ1n) is 7.98. The smallest absolute Gasteiger partial charge is 0.387 e. The molecule has 0 saturated heterocycles. The summed E-state index contributed by atoms with van der Waals surface area (Å²) in [7, 11) is 0. The van der Waals surface area contributed by atoms with Crippen LogP contribution >= 0.6 is 15.9 Å². The molecule has 0 saturated carbocycles. The molecule has 0 radical (unpaired) electrons. The maximum absolute atomic E-state index is 12.4. The third kappa shape index (κ3) is 6.05. The summed E-state index contributed by atoms with van der Waals surface area (Å²) >= 11 is 3.27. The van der Waals surface area contributed by atoms with Gasteiger partial charge in [0.2, 0.25) is 11.8 Å². The number of halogens is 3. The number of hydrogen-bond donors (Lipinski definition) is 1. The van der Waals surface area contributed by atoms with Crippen LogP contribution in [-0.2, 0) is 23.2 Å². The van der Waals surface area contributed by atoms with Gasteiger partial charge in [-0.15, -0.1) is 0 Å². The maximum Gasteiger partial charge on any atom is 0.387 e. The van der Waals surface area contributed by atoms with Crippen molar-refractivity contribution in [1.82, 2.24) is 15.5 Å². The third-order valence-corrected chi connectivity index (χ3v) is 3.91. The lowest BCUT2D eigenvalue weighted by Crippen LogP contribution is -2.23. The van der Waals surface area contributed by atoms with Crippen LogP contribution in [0.3, 0.4) is 0 Å². The zero-order valence-electron chi connectivity index (χ0n) is 14.7. The summed E-state index contributed by atoms with van der Waals surface area (Å²) in [5.41, 5.74) is 0.215. The number of ether oxygens (including phenoxy) is 1. The van der Waals surface area contributed by atoms with Gasteiger partial charge in [0, 0.05) is 34.8 Å². The highest BCUT2D eigenvalue weighted by atomic mass is 79.9. The number of rotatable bonds is 7.